The van der Waals surface area contributed by atoms with Crippen molar-refractivity contribution in [1.29, 1.82) is 0 Å². The minimum Gasteiger partial charge on any atom is -0.289 e. The molecule has 0 amide bonds. The molecule has 0 radical (unpaired) electrons. The van der Waals surface area contributed by atoms with E-state index in [-0.39, 0.29) is 16.4 Å². The molecule has 0 saturated carbocycles. The summed E-state index contributed by atoms with van der Waals surface area (Å²) in [7, 11) is 0. The van der Waals surface area contributed by atoms with Gasteiger partial charge in [0.15, 0.2) is 5.78 Å². The van der Waals surface area contributed by atoms with Gasteiger partial charge in [0.1, 0.15) is 5.82 Å². The number of hydrogen-bond donors (Lipinski definition) is 0. The number of benzene rings is 2. The third-order valence-corrected chi connectivity index (χ3v) is 4.11. The number of rotatable bonds is 2. The first-order valence-electron chi connectivity index (χ1n) is 4.94. The molecule has 0 aliphatic heterocycles. The van der Waals surface area contributed by atoms with Gasteiger partial charge in [-0.25, -0.2) is 4.39 Å². The Labute approximate surface area is 131 Å². The first-order chi connectivity index (χ1) is 8.49. The largest absolute Gasteiger partial charge is 0.289 e. The molecule has 0 aliphatic rings. The van der Waals surface area contributed by atoms with Crippen LogP contribution < -0.4 is 0 Å². The minimum atomic E-state index is -0.479. The van der Waals surface area contributed by atoms with Crippen LogP contribution in [0, 0.1) is 9.39 Å². The van der Waals surface area contributed by atoms with Crippen molar-refractivity contribution in [3.8, 4) is 0 Å². The zero-order chi connectivity index (χ0) is 13.3. The highest BCUT2D eigenvalue weighted by atomic mass is 127. The van der Waals surface area contributed by atoms with Crippen molar-refractivity contribution in [3.05, 3.63) is 66.4 Å². The van der Waals surface area contributed by atoms with Crippen molar-refractivity contribution in [2.24, 2.45) is 0 Å². The summed E-state index contributed by atoms with van der Waals surface area (Å²) in [6.45, 7) is 0. The molecular weight excluding hydrogens is 433 g/mol. The van der Waals surface area contributed by atoms with Crippen molar-refractivity contribution >= 4 is 55.9 Å². The molecule has 0 bridgehead atoms. The van der Waals surface area contributed by atoms with Gasteiger partial charge in [-0.15, -0.1) is 0 Å². The van der Waals surface area contributed by atoms with Crippen molar-refractivity contribution in [3.63, 3.8) is 0 Å². The summed E-state index contributed by atoms with van der Waals surface area (Å²) < 4.78 is 14.8. The predicted molar refractivity (Wildman–Crippen MR) is 81.7 cm³/mol. The van der Waals surface area contributed by atoms with E-state index in [0.29, 0.717) is 5.56 Å². The molecule has 0 N–H and O–H groups in total. The Morgan fingerprint density at radius 1 is 1.17 bits per heavy atom. The zero-order valence-corrected chi connectivity index (χ0v) is 13.4. The molecule has 0 saturated heterocycles. The molecule has 18 heavy (non-hydrogen) atoms. The van der Waals surface area contributed by atoms with E-state index in [1.807, 2.05) is 12.1 Å². The maximum absolute atomic E-state index is 13.2. The minimum absolute atomic E-state index is 0.174. The normalized spacial score (nSPS) is 10.4. The summed E-state index contributed by atoms with van der Waals surface area (Å²) in [6.07, 6.45) is 0. The number of carbonyl (C=O) groups excluding carboxylic acids is 1. The van der Waals surface area contributed by atoms with Crippen molar-refractivity contribution < 1.29 is 9.18 Å². The average molecular weight is 439 g/mol. The summed E-state index contributed by atoms with van der Waals surface area (Å²) >= 11 is 11.3. The van der Waals surface area contributed by atoms with Gasteiger partial charge in [-0.05, 0) is 59.0 Å². The molecule has 92 valence electrons. The van der Waals surface area contributed by atoms with Gasteiger partial charge in [0.05, 0.1) is 5.02 Å². The Bertz CT molecular complexity index is 577. The molecule has 0 spiro atoms. The fourth-order valence-electron chi connectivity index (χ4n) is 1.49. The third-order valence-electron chi connectivity index (χ3n) is 2.35. The molecule has 0 aliphatic carbocycles. The molecule has 2 aromatic rings. The van der Waals surface area contributed by atoms with Gasteiger partial charge in [-0.2, -0.15) is 0 Å². The summed E-state index contributed by atoms with van der Waals surface area (Å²) in [5, 5.41) is 0.247. The second kappa shape index (κ2) is 5.67. The van der Waals surface area contributed by atoms with Crippen LogP contribution in [0.4, 0.5) is 4.39 Å². The van der Waals surface area contributed by atoms with E-state index >= 15 is 0 Å². The van der Waals surface area contributed by atoms with E-state index in [1.165, 1.54) is 12.1 Å². The Morgan fingerprint density at radius 3 is 2.61 bits per heavy atom. The van der Waals surface area contributed by atoms with E-state index in [2.05, 4.69) is 38.5 Å². The highest BCUT2D eigenvalue weighted by molar-refractivity contribution is 14.1. The monoisotopic (exact) mass is 438 g/mol. The smallest absolute Gasteiger partial charge is 0.195 e. The van der Waals surface area contributed by atoms with Gasteiger partial charge >= 0.3 is 0 Å². The van der Waals surface area contributed by atoms with Gasteiger partial charge in [-0.1, -0.05) is 27.5 Å². The Hall–Kier alpha value is -0.460. The van der Waals surface area contributed by atoms with Gasteiger partial charge in [0.25, 0.3) is 0 Å². The second-order valence-corrected chi connectivity index (χ2v) is 6.06. The quantitative estimate of drug-likeness (QED) is 0.471. The maximum atomic E-state index is 13.2. The van der Waals surface area contributed by atoms with Crippen molar-refractivity contribution in [2.45, 2.75) is 0 Å². The van der Waals surface area contributed by atoms with Crippen LogP contribution in [0.15, 0.2) is 40.9 Å². The summed E-state index contributed by atoms with van der Waals surface area (Å²) in [6, 6.07) is 9.11. The number of carbonyl (C=O) groups is 1. The summed E-state index contributed by atoms with van der Waals surface area (Å²) in [5.41, 5.74) is 0.671. The molecule has 0 unspecified atom stereocenters. The molecule has 0 atom stereocenters. The fraction of sp³-hybridized carbons (Fsp3) is 0. The first-order valence-corrected chi connectivity index (χ1v) is 7.19. The molecule has 2 rings (SSSR count). The highest BCUT2D eigenvalue weighted by Crippen LogP contribution is 2.25. The van der Waals surface area contributed by atoms with Crippen LogP contribution in [-0.2, 0) is 0 Å². The van der Waals surface area contributed by atoms with Crippen LogP contribution in [-0.4, -0.2) is 5.78 Å². The highest BCUT2D eigenvalue weighted by Gasteiger charge is 2.16. The van der Waals surface area contributed by atoms with E-state index in [9.17, 15) is 9.18 Å². The van der Waals surface area contributed by atoms with Crippen LogP contribution >= 0.6 is 50.1 Å². The lowest BCUT2D eigenvalue weighted by molar-refractivity contribution is 0.103. The molecule has 0 aromatic heterocycles. The van der Waals surface area contributed by atoms with Crippen LogP contribution in [0.2, 0.25) is 5.02 Å². The lowest BCUT2D eigenvalue weighted by Gasteiger charge is -2.06. The zero-order valence-electron chi connectivity index (χ0n) is 8.88. The molecule has 5 heteroatoms. The first kappa shape index (κ1) is 14.0. The van der Waals surface area contributed by atoms with Gasteiger partial charge in [-0.3, -0.25) is 4.79 Å². The van der Waals surface area contributed by atoms with Crippen LogP contribution in [0.3, 0.4) is 0 Å². The van der Waals surface area contributed by atoms with Gasteiger partial charge in [0.2, 0.25) is 0 Å². The molecule has 0 heterocycles. The van der Waals surface area contributed by atoms with E-state index < -0.39 is 5.82 Å². The van der Waals surface area contributed by atoms with E-state index in [0.717, 1.165) is 14.1 Å². The SMILES string of the molecule is O=C(c1cc(F)ccc1Cl)c1cc(Br)ccc1I. The van der Waals surface area contributed by atoms with E-state index in [4.69, 9.17) is 11.6 Å². The Balaban J connectivity index is 2.54. The Morgan fingerprint density at radius 2 is 1.89 bits per heavy atom. The van der Waals surface area contributed by atoms with Crippen molar-refractivity contribution in [2.75, 3.05) is 0 Å². The van der Waals surface area contributed by atoms with Crippen molar-refractivity contribution in [1.82, 2.24) is 0 Å². The van der Waals surface area contributed by atoms with E-state index in [1.54, 1.807) is 6.07 Å². The number of halogens is 4. The number of hydrogen-bond acceptors (Lipinski definition) is 1. The van der Waals surface area contributed by atoms with Crippen LogP contribution in [0.5, 0.6) is 0 Å². The Kier molecular flexibility index (Phi) is 4.40. The standard InChI is InChI=1S/C13H6BrClFIO/c14-7-1-4-12(17)10(5-7)13(18)9-6-8(16)2-3-11(9)15/h1-6H. The lowest BCUT2D eigenvalue weighted by atomic mass is 10.0. The predicted octanol–water partition coefficient (Wildman–Crippen LogP) is 5.08. The maximum Gasteiger partial charge on any atom is 0.195 e. The topological polar surface area (TPSA) is 17.1 Å². The lowest BCUT2D eigenvalue weighted by Crippen LogP contribution is -2.05. The fourth-order valence-corrected chi connectivity index (χ4v) is 2.63. The molecule has 0 fully saturated rings. The summed E-state index contributed by atoms with van der Waals surface area (Å²) in [4.78, 5) is 12.3. The third kappa shape index (κ3) is 2.92. The van der Waals surface area contributed by atoms with Gasteiger partial charge in [0, 0.05) is 19.2 Å². The summed E-state index contributed by atoms with van der Waals surface area (Å²) in [5.74, 6) is -0.766. The van der Waals surface area contributed by atoms with Gasteiger partial charge < -0.3 is 0 Å². The molecule has 1 nitrogen and oxygen atoms in total. The molecule has 2 aromatic carbocycles. The molecular formula is C13H6BrClFIO. The van der Waals surface area contributed by atoms with Crippen LogP contribution in [0.1, 0.15) is 15.9 Å². The van der Waals surface area contributed by atoms with Crippen LogP contribution in [0.25, 0.3) is 0 Å². The second-order valence-electron chi connectivity index (χ2n) is 3.58. The average Bonchev–Trinajstić information content (AvgIpc) is 2.34. The number of ketones is 1.